The second kappa shape index (κ2) is 8.89. The van der Waals surface area contributed by atoms with E-state index in [2.05, 4.69) is 24.1 Å². The van der Waals surface area contributed by atoms with Crippen molar-refractivity contribution in [2.24, 2.45) is 10.2 Å². The molecule has 0 radical (unpaired) electrons. The molecule has 2 aromatic rings. The number of nitrogens with zero attached hydrogens (tertiary/aromatic N) is 2. The molecule has 0 aliphatic carbocycles. The summed E-state index contributed by atoms with van der Waals surface area (Å²) in [6.45, 7) is 2.45. The van der Waals surface area contributed by atoms with Crippen molar-refractivity contribution >= 4 is 11.4 Å². The first kappa shape index (κ1) is 16.9. The van der Waals surface area contributed by atoms with E-state index in [4.69, 9.17) is 0 Å². The normalized spacial score (nSPS) is 10.3. The minimum absolute atomic E-state index is 0.266. The number of halogens is 3. The zero-order valence-electron chi connectivity index (χ0n) is 12.0. The Kier molecular flexibility index (Phi) is 7.15. The number of hydrogen-bond acceptors (Lipinski definition) is 2. The highest BCUT2D eigenvalue weighted by molar-refractivity contribution is 5.44. The van der Waals surface area contributed by atoms with E-state index in [0.717, 1.165) is 12.1 Å². The smallest absolute Gasteiger partial charge is 0.214 e. The van der Waals surface area contributed by atoms with Crippen LogP contribution in [-0.2, 0) is 6.42 Å². The van der Waals surface area contributed by atoms with Gasteiger partial charge in [0, 0.05) is 0 Å². The predicted molar refractivity (Wildman–Crippen MR) is 78.2 cm³/mol. The first-order chi connectivity index (χ1) is 10.1. The summed E-state index contributed by atoms with van der Waals surface area (Å²) >= 11 is 0. The van der Waals surface area contributed by atoms with Gasteiger partial charge in [0.25, 0.3) is 0 Å². The van der Waals surface area contributed by atoms with E-state index in [1.165, 1.54) is 23.3 Å². The topological polar surface area (TPSA) is 24.7 Å². The van der Waals surface area contributed by atoms with Crippen molar-refractivity contribution in [2.45, 2.75) is 20.3 Å². The molecule has 5 heteroatoms. The van der Waals surface area contributed by atoms with Crippen LogP contribution in [-0.4, -0.2) is 6.93 Å². The average Bonchev–Trinajstić information content (AvgIpc) is 2.49. The van der Waals surface area contributed by atoms with Gasteiger partial charge in [-0.2, -0.15) is 10.2 Å². The van der Waals surface area contributed by atoms with Crippen LogP contribution in [0.15, 0.2) is 52.7 Å². The Morgan fingerprint density at radius 2 is 1.43 bits per heavy atom. The summed E-state index contributed by atoms with van der Waals surface area (Å²) in [6.07, 6.45) is 0.978. The molecule has 0 saturated carbocycles. The summed E-state index contributed by atoms with van der Waals surface area (Å²) in [7, 11) is 0. The highest BCUT2D eigenvalue weighted by atomic mass is 19.3. The van der Waals surface area contributed by atoms with Gasteiger partial charge in [-0.3, -0.25) is 0 Å². The molecule has 0 aromatic heterocycles. The highest BCUT2D eigenvalue weighted by Gasteiger charge is 1.98. The van der Waals surface area contributed by atoms with Crippen LogP contribution in [0.2, 0.25) is 0 Å². The lowest BCUT2D eigenvalue weighted by Crippen LogP contribution is -1.84. The fraction of sp³-hybridized carbons (Fsp3) is 0.250. The summed E-state index contributed by atoms with van der Waals surface area (Å²) in [6, 6.07) is 12.0. The SMILES string of the molecule is CCc1cc(N=Nc2ccc(F)cc2)ccc1C.FCF. The lowest BCUT2D eigenvalue weighted by molar-refractivity contribution is 0.295. The second-order valence-electron chi connectivity index (χ2n) is 4.24. The van der Waals surface area contributed by atoms with Crippen molar-refractivity contribution in [2.75, 3.05) is 6.93 Å². The Labute approximate surface area is 122 Å². The number of benzene rings is 2. The second-order valence-corrected chi connectivity index (χ2v) is 4.24. The predicted octanol–water partition coefficient (Wildman–Crippen LogP) is 5.99. The molecule has 2 nitrogen and oxygen atoms in total. The molecule has 2 aromatic carbocycles. The van der Waals surface area contributed by atoms with E-state index < -0.39 is 6.93 Å². The zero-order valence-corrected chi connectivity index (χ0v) is 12.0. The molecular formula is C16H17F3N2. The van der Waals surface area contributed by atoms with E-state index >= 15 is 0 Å². The van der Waals surface area contributed by atoms with Crippen LogP contribution in [0.4, 0.5) is 24.5 Å². The van der Waals surface area contributed by atoms with Gasteiger partial charge >= 0.3 is 0 Å². The fourth-order valence-electron chi connectivity index (χ4n) is 1.72. The van der Waals surface area contributed by atoms with E-state index in [1.807, 2.05) is 18.2 Å². The molecule has 0 aliphatic rings. The minimum atomic E-state index is -1.75. The van der Waals surface area contributed by atoms with Gasteiger partial charge in [-0.1, -0.05) is 13.0 Å². The molecule has 0 fully saturated rings. The van der Waals surface area contributed by atoms with Gasteiger partial charge < -0.3 is 0 Å². The van der Waals surface area contributed by atoms with Crippen molar-refractivity contribution in [1.82, 2.24) is 0 Å². The van der Waals surface area contributed by atoms with Crippen molar-refractivity contribution in [3.05, 3.63) is 59.4 Å². The molecule has 0 heterocycles. The van der Waals surface area contributed by atoms with E-state index in [9.17, 15) is 13.2 Å². The molecule has 0 N–H and O–H groups in total. The lowest BCUT2D eigenvalue weighted by Gasteiger charge is -2.02. The number of rotatable bonds is 3. The summed E-state index contributed by atoms with van der Waals surface area (Å²) in [5.41, 5.74) is 4.00. The molecule has 0 spiro atoms. The minimum Gasteiger partial charge on any atom is -0.214 e. The van der Waals surface area contributed by atoms with Crippen LogP contribution < -0.4 is 0 Å². The molecule has 21 heavy (non-hydrogen) atoms. The van der Waals surface area contributed by atoms with Crippen LogP contribution in [0.5, 0.6) is 0 Å². The van der Waals surface area contributed by atoms with Crippen LogP contribution in [0, 0.1) is 12.7 Å². The third-order valence-electron chi connectivity index (χ3n) is 2.82. The number of azo groups is 1. The first-order valence-corrected chi connectivity index (χ1v) is 6.49. The van der Waals surface area contributed by atoms with Crippen LogP contribution >= 0.6 is 0 Å². The third-order valence-corrected chi connectivity index (χ3v) is 2.82. The summed E-state index contributed by atoms with van der Waals surface area (Å²) in [5.74, 6) is -0.266. The largest absolute Gasteiger partial charge is 0.229 e. The van der Waals surface area contributed by atoms with Gasteiger partial charge in [-0.05, 0) is 60.9 Å². The molecule has 0 bridgehead atoms. The summed E-state index contributed by atoms with van der Waals surface area (Å²) in [4.78, 5) is 0. The Bertz CT molecular complexity index is 581. The maximum atomic E-state index is 12.7. The van der Waals surface area contributed by atoms with Gasteiger partial charge in [0.1, 0.15) is 5.82 Å². The van der Waals surface area contributed by atoms with Gasteiger partial charge in [0.2, 0.25) is 6.93 Å². The van der Waals surface area contributed by atoms with Crippen LogP contribution in [0.1, 0.15) is 18.1 Å². The van der Waals surface area contributed by atoms with E-state index in [1.54, 1.807) is 12.1 Å². The van der Waals surface area contributed by atoms with Crippen LogP contribution in [0.3, 0.4) is 0 Å². The van der Waals surface area contributed by atoms with Crippen LogP contribution in [0.25, 0.3) is 0 Å². The van der Waals surface area contributed by atoms with Gasteiger partial charge in [0.05, 0.1) is 11.4 Å². The number of alkyl halides is 2. The fourth-order valence-corrected chi connectivity index (χ4v) is 1.72. The average molecular weight is 294 g/mol. The maximum Gasteiger partial charge on any atom is 0.229 e. The zero-order chi connectivity index (χ0) is 15.7. The Balaban J connectivity index is 0.000000677. The van der Waals surface area contributed by atoms with Crippen molar-refractivity contribution in [3.8, 4) is 0 Å². The monoisotopic (exact) mass is 294 g/mol. The number of hydrogen-bond donors (Lipinski definition) is 0. The van der Waals surface area contributed by atoms with E-state index in [-0.39, 0.29) is 5.82 Å². The summed E-state index contributed by atoms with van der Waals surface area (Å²) in [5, 5.41) is 8.24. The lowest BCUT2D eigenvalue weighted by atomic mass is 10.1. The number of aryl methyl sites for hydroxylation is 2. The molecule has 0 amide bonds. The Hall–Kier alpha value is -2.17. The molecule has 112 valence electrons. The van der Waals surface area contributed by atoms with E-state index in [0.29, 0.717) is 5.69 Å². The quantitative estimate of drug-likeness (QED) is 0.621. The molecule has 2 rings (SSSR count). The maximum absolute atomic E-state index is 12.7. The van der Waals surface area contributed by atoms with Crippen molar-refractivity contribution in [1.29, 1.82) is 0 Å². The first-order valence-electron chi connectivity index (χ1n) is 6.49. The van der Waals surface area contributed by atoms with Crippen molar-refractivity contribution < 1.29 is 13.2 Å². The highest BCUT2D eigenvalue weighted by Crippen LogP contribution is 2.21. The molecule has 0 saturated heterocycles. The molecule has 0 atom stereocenters. The Morgan fingerprint density at radius 3 is 2.00 bits per heavy atom. The van der Waals surface area contributed by atoms with Gasteiger partial charge in [-0.25, -0.2) is 13.2 Å². The standard InChI is InChI=1S/C15H15FN2.CH2F2/c1-3-12-10-15(7-4-11(12)2)18-17-14-8-5-13(16)6-9-14;2-1-3/h4-10H,3H2,1-2H3;1H2. The van der Waals surface area contributed by atoms with Gasteiger partial charge in [-0.15, -0.1) is 0 Å². The molecule has 0 aliphatic heterocycles. The van der Waals surface area contributed by atoms with Gasteiger partial charge in [0.15, 0.2) is 0 Å². The molecular weight excluding hydrogens is 277 g/mol. The van der Waals surface area contributed by atoms with Crippen molar-refractivity contribution in [3.63, 3.8) is 0 Å². The third kappa shape index (κ3) is 5.77. The summed E-state index contributed by atoms with van der Waals surface area (Å²) < 4.78 is 32.0. The molecule has 0 unspecified atom stereocenters. The Morgan fingerprint density at radius 1 is 0.905 bits per heavy atom.